The van der Waals surface area contributed by atoms with Crippen LogP contribution in [0.3, 0.4) is 0 Å². The second kappa shape index (κ2) is 5.42. The SMILES string of the molecule is COC1=Cc2c(ccc3c2C(OC)=CC(=O)C3)[C@H](OC)C1=O. The van der Waals surface area contributed by atoms with E-state index in [2.05, 4.69) is 0 Å². The van der Waals surface area contributed by atoms with Gasteiger partial charge in [0.2, 0.25) is 5.78 Å². The molecule has 0 saturated heterocycles. The van der Waals surface area contributed by atoms with E-state index in [9.17, 15) is 9.59 Å². The normalized spacial score (nSPS) is 19.9. The van der Waals surface area contributed by atoms with Gasteiger partial charge in [0, 0.05) is 25.2 Å². The van der Waals surface area contributed by atoms with E-state index in [0.29, 0.717) is 12.2 Å². The van der Waals surface area contributed by atoms with Crippen LogP contribution < -0.4 is 0 Å². The van der Waals surface area contributed by atoms with Gasteiger partial charge in [-0.2, -0.15) is 0 Å². The Hall–Kier alpha value is -2.40. The van der Waals surface area contributed by atoms with Crippen LogP contribution in [0.5, 0.6) is 0 Å². The van der Waals surface area contributed by atoms with Gasteiger partial charge in [0.1, 0.15) is 11.9 Å². The first kappa shape index (κ1) is 14.5. The maximum Gasteiger partial charge on any atom is 0.230 e. The molecule has 0 spiro atoms. The van der Waals surface area contributed by atoms with Crippen molar-refractivity contribution in [3.8, 4) is 0 Å². The molecule has 0 aliphatic heterocycles. The highest BCUT2D eigenvalue weighted by atomic mass is 16.5. The number of carbonyl (C=O) groups excluding carboxylic acids is 2. The van der Waals surface area contributed by atoms with Crippen LogP contribution in [0.1, 0.15) is 28.4 Å². The number of ketones is 2. The van der Waals surface area contributed by atoms with E-state index >= 15 is 0 Å². The number of hydrogen-bond donors (Lipinski definition) is 0. The first-order valence-electron chi connectivity index (χ1n) is 6.88. The van der Waals surface area contributed by atoms with Gasteiger partial charge in [-0.05, 0) is 22.8 Å². The van der Waals surface area contributed by atoms with Gasteiger partial charge in [0.05, 0.1) is 14.2 Å². The number of Topliss-reactive ketones (excluding diaryl/α,β-unsaturated/α-hetero) is 1. The van der Waals surface area contributed by atoms with Crippen LogP contribution in [-0.4, -0.2) is 32.9 Å². The molecule has 0 amide bonds. The molecule has 1 atom stereocenters. The molecule has 0 radical (unpaired) electrons. The number of methoxy groups -OCH3 is 3. The van der Waals surface area contributed by atoms with E-state index in [4.69, 9.17) is 14.2 Å². The molecule has 1 aromatic rings. The zero-order chi connectivity index (χ0) is 15.9. The molecule has 0 fully saturated rings. The summed E-state index contributed by atoms with van der Waals surface area (Å²) >= 11 is 0. The third kappa shape index (κ3) is 2.05. The fraction of sp³-hybridized carbons (Fsp3) is 0.294. The molecule has 1 aromatic carbocycles. The molecule has 0 bridgehead atoms. The van der Waals surface area contributed by atoms with Crippen molar-refractivity contribution in [1.82, 2.24) is 0 Å². The number of fused-ring (bicyclic) bond motifs is 3. The van der Waals surface area contributed by atoms with Crippen molar-refractivity contribution in [2.45, 2.75) is 12.5 Å². The van der Waals surface area contributed by atoms with Crippen LogP contribution >= 0.6 is 0 Å². The van der Waals surface area contributed by atoms with Gasteiger partial charge in [0.15, 0.2) is 11.5 Å². The Bertz CT molecular complexity index is 727. The molecule has 0 unspecified atom stereocenters. The summed E-state index contributed by atoms with van der Waals surface area (Å²) in [5.41, 5.74) is 3.26. The van der Waals surface area contributed by atoms with Gasteiger partial charge in [0.25, 0.3) is 0 Å². The third-order valence-corrected chi connectivity index (χ3v) is 3.98. The fourth-order valence-corrected chi connectivity index (χ4v) is 2.99. The van der Waals surface area contributed by atoms with Crippen LogP contribution in [-0.2, 0) is 30.2 Å². The Balaban J connectivity index is 2.29. The van der Waals surface area contributed by atoms with Gasteiger partial charge >= 0.3 is 0 Å². The van der Waals surface area contributed by atoms with Crippen molar-refractivity contribution < 1.29 is 23.8 Å². The van der Waals surface area contributed by atoms with Crippen LogP contribution in [0.15, 0.2) is 24.0 Å². The van der Waals surface area contributed by atoms with Crippen LogP contribution in [0.25, 0.3) is 11.8 Å². The number of allylic oxidation sites excluding steroid dienone is 1. The number of rotatable bonds is 3. The molecular weight excluding hydrogens is 284 g/mol. The van der Waals surface area contributed by atoms with E-state index in [0.717, 1.165) is 22.3 Å². The Labute approximate surface area is 128 Å². The van der Waals surface area contributed by atoms with Crippen LogP contribution in [0, 0.1) is 0 Å². The van der Waals surface area contributed by atoms with E-state index in [1.54, 1.807) is 6.08 Å². The molecule has 2 aliphatic carbocycles. The zero-order valence-electron chi connectivity index (χ0n) is 12.6. The molecule has 3 rings (SSSR count). The molecule has 0 heterocycles. The first-order valence-corrected chi connectivity index (χ1v) is 6.88. The van der Waals surface area contributed by atoms with Crippen LogP contribution in [0.4, 0.5) is 0 Å². The maximum atomic E-state index is 12.3. The van der Waals surface area contributed by atoms with Gasteiger partial charge in [-0.3, -0.25) is 9.59 Å². The summed E-state index contributed by atoms with van der Waals surface area (Å²) in [5.74, 6) is 0.516. The fourth-order valence-electron chi connectivity index (χ4n) is 2.99. The lowest BCUT2D eigenvalue weighted by molar-refractivity contribution is -0.128. The van der Waals surface area contributed by atoms with Crippen molar-refractivity contribution in [1.29, 1.82) is 0 Å². The molecule has 5 heteroatoms. The largest absolute Gasteiger partial charge is 0.496 e. The van der Waals surface area contributed by atoms with Crippen molar-refractivity contribution >= 4 is 23.4 Å². The highest BCUT2D eigenvalue weighted by Crippen LogP contribution is 2.39. The Morgan fingerprint density at radius 3 is 2.36 bits per heavy atom. The number of hydrogen-bond acceptors (Lipinski definition) is 5. The second-order valence-electron chi connectivity index (χ2n) is 5.15. The summed E-state index contributed by atoms with van der Waals surface area (Å²) in [7, 11) is 4.46. The van der Waals surface area contributed by atoms with E-state index in [1.165, 1.54) is 27.4 Å². The van der Waals surface area contributed by atoms with Gasteiger partial charge in [-0.25, -0.2) is 0 Å². The third-order valence-electron chi connectivity index (χ3n) is 3.98. The van der Waals surface area contributed by atoms with Crippen molar-refractivity contribution in [3.05, 3.63) is 46.2 Å². The Morgan fingerprint density at radius 2 is 1.73 bits per heavy atom. The smallest absolute Gasteiger partial charge is 0.230 e. The highest BCUT2D eigenvalue weighted by molar-refractivity contribution is 6.07. The summed E-state index contributed by atoms with van der Waals surface area (Å²) in [6, 6.07) is 3.68. The van der Waals surface area contributed by atoms with Crippen molar-refractivity contribution in [2.24, 2.45) is 0 Å². The average Bonchev–Trinajstić information content (AvgIpc) is 2.52. The molecule has 0 N–H and O–H groups in total. The lowest BCUT2D eigenvalue weighted by Crippen LogP contribution is -2.24. The molecule has 5 nitrogen and oxygen atoms in total. The molecule has 22 heavy (non-hydrogen) atoms. The maximum absolute atomic E-state index is 12.3. The summed E-state index contributed by atoms with van der Waals surface area (Å²) in [6.45, 7) is 0. The minimum atomic E-state index is -0.712. The van der Waals surface area contributed by atoms with E-state index < -0.39 is 6.10 Å². The second-order valence-corrected chi connectivity index (χ2v) is 5.15. The zero-order valence-corrected chi connectivity index (χ0v) is 12.6. The summed E-state index contributed by atoms with van der Waals surface area (Å²) in [6.07, 6.45) is 2.78. The van der Waals surface area contributed by atoms with Crippen molar-refractivity contribution in [2.75, 3.05) is 21.3 Å². The molecular formula is C17H16O5. The monoisotopic (exact) mass is 300 g/mol. The Morgan fingerprint density at radius 1 is 1.00 bits per heavy atom. The lowest BCUT2D eigenvalue weighted by atomic mass is 9.83. The van der Waals surface area contributed by atoms with E-state index in [-0.39, 0.29) is 17.3 Å². The van der Waals surface area contributed by atoms with Crippen molar-refractivity contribution in [3.63, 3.8) is 0 Å². The lowest BCUT2D eigenvalue weighted by Gasteiger charge is -2.27. The summed E-state index contributed by atoms with van der Waals surface area (Å²) in [4.78, 5) is 24.1. The summed E-state index contributed by atoms with van der Waals surface area (Å²) in [5, 5.41) is 0. The Kier molecular flexibility index (Phi) is 3.58. The quantitative estimate of drug-likeness (QED) is 0.855. The minimum Gasteiger partial charge on any atom is -0.496 e. The molecule has 0 aromatic heterocycles. The van der Waals surface area contributed by atoms with Crippen LogP contribution in [0.2, 0.25) is 0 Å². The van der Waals surface area contributed by atoms with Gasteiger partial charge in [-0.15, -0.1) is 0 Å². The standard InChI is InChI=1S/C17H16O5/c1-20-13-7-10(18)6-9-4-5-11-12(15(9)13)8-14(21-2)16(19)17(11)22-3/h4-5,7-8,17H,6H2,1-3H3/t17-/m0/s1. The topological polar surface area (TPSA) is 61.8 Å². The highest BCUT2D eigenvalue weighted by Gasteiger charge is 2.34. The van der Waals surface area contributed by atoms with Gasteiger partial charge in [-0.1, -0.05) is 12.1 Å². The van der Waals surface area contributed by atoms with Gasteiger partial charge < -0.3 is 14.2 Å². The minimum absolute atomic E-state index is 0.00424. The number of carbonyl (C=O) groups is 2. The number of ether oxygens (including phenoxy) is 3. The summed E-state index contributed by atoms with van der Waals surface area (Å²) < 4.78 is 15.9. The first-order chi connectivity index (χ1) is 10.6. The molecule has 2 aliphatic rings. The predicted octanol–water partition coefficient (Wildman–Crippen LogP) is 2.06. The average molecular weight is 300 g/mol. The predicted molar refractivity (Wildman–Crippen MR) is 79.9 cm³/mol. The molecule has 114 valence electrons. The molecule has 0 saturated carbocycles. The number of benzene rings is 1. The van der Waals surface area contributed by atoms with E-state index in [1.807, 2.05) is 12.1 Å².